The molecule has 17 heavy (non-hydrogen) atoms. The number of nitrogens with zero attached hydrogens (tertiary/aromatic N) is 1. The van der Waals surface area contributed by atoms with Gasteiger partial charge in [0.25, 0.3) is 0 Å². The lowest BCUT2D eigenvalue weighted by Crippen LogP contribution is -2.38. The molecule has 0 bridgehead atoms. The molecule has 1 saturated heterocycles. The molecule has 0 aliphatic carbocycles. The van der Waals surface area contributed by atoms with Crippen molar-refractivity contribution in [1.82, 2.24) is 5.32 Å². The number of carbonyl (C=O) groups excluding carboxylic acids is 1. The molecular formula is C13H17BrN2O. The van der Waals surface area contributed by atoms with E-state index in [1.807, 2.05) is 29.2 Å². The average molecular weight is 297 g/mol. The Morgan fingerprint density at radius 2 is 2.24 bits per heavy atom. The van der Waals surface area contributed by atoms with Gasteiger partial charge in [-0.25, -0.2) is 0 Å². The first-order chi connectivity index (χ1) is 8.24. The second-order valence-corrected chi connectivity index (χ2v) is 5.09. The molecule has 0 saturated carbocycles. The minimum Gasteiger partial charge on any atom is -0.310 e. The molecular weight excluding hydrogens is 280 g/mol. The van der Waals surface area contributed by atoms with Gasteiger partial charge in [-0.3, -0.25) is 4.79 Å². The van der Waals surface area contributed by atoms with Crippen LogP contribution in [0.15, 0.2) is 28.7 Å². The maximum absolute atomic E-state index is 12.2. The molecule has 1 unspecified atom stereocenters. The van der Waals surface area contributed by atoms with Crippen molar-refractivity contribution in [2.75, 3.05) is 18.0 Å². The van der Waals surface area contributed by atoms with E-state index in [0.717, 1.165) is 36.1 Å². The Hall–Kier alpha value is -0.870. The summed E-state index contributed by atoms with van der Waals surface area (Å²) in [5.74, 6) is 0.186. The Morgan fingerprint density at radius 1 is 1.47 bits per heavy atom. The number of hydrogen-bond donors (Lipinski definition) is 1. The van der Waals surface area contributed by atoms with E-state index < -0.39 is 0 Å². The molecule has 0 radical (unpaired) electrons. The van der Waals surface area contributed by atoms with Gasteiger partial charge in [-0.05, 0) is 47.4 Å². The van der Waals surface area contributed by atoms with Crippen LogP contribution in [0.2, 0.25) is 0 Å². The van der Waals surface area contributed by atoms with E-state index in [1.54, 1.807) is 0 Å². The molecule has 0 aromatic heterocycles. The van der Waals surface area contributed by atoms with E-state index >= 15 is 0 Å². The number of amides is 1. The summed E-state index contributed by atoms with van der Waals surface area (Å²) in [6.07, 6.45) is 1.94. The maximum atomic E-state index is 12.2. The van der Waals surface area contributed by atoms with Crippen LogP contribution >= 0.6 is 15.9 Å². The molecule has 1 aromatic rings. The number of halogens is 1. The van der Waals surface area contributed by atoms with Crippen LogP contribution in [-0.4, -0.2) is 25.0 Å². The molecule has 0 spiro atoms. The lowest BCUT2D eigenvalue weighted by Gasteiger charge is -2.18. The molecule has 1 aromatic carbocycles. The third kappa shape index (κ3) is 2.69. The fourth-order valence-corrected chi connectivity index (χ4v) is 2.60. The second kappa shape index (κ2) is 5.65. The van der Waals surface area contributed by atoms with Crippen LogP contribution in [0.3, 0.4) is 0 Å². The Balaban J connectivity index is 2.10. The summed E-state index contributed by atoms with van der Waals surface area (Å²) in [6.45, 7) is 3.81. The average Bonchev–Trinajstić information content (AvgIpc) is 2.69. The second-order valence-electron chi connectivity index (χ2n) is 4.24. The fraction of sp³-hybridized carbons (Fsp3) is 0.462. The van der Waals surface area contributed by atoms with Gasteiger partial charge in [0, 0.05) is 11.0 Å². The number of rotatable bonds is 4. The normalized spacial score (nSPS) is 20.0. The summed E-state index contributed by atoms with van der Waals surface area (Å²) in [5.41, 5.74) is 0.971. The Labute approximate surface area is 110 Å². The predicted octanol–water partition coefficient (Wildman–Crippen LogP) is 2.55. The van der Waals surface area contributed by atoms with Crippen LogP contribution in [0.25, 0.3) is 0 Å². The van der Waals surface area contributed by atoms with E-state index in [1.165, 1.54) is 0 Å². The lowest BCUT2D eigenvalue weighted by molar-refractivity contribution is -0.118. The number of benzene rings is 1. The van der Waals surface area contributed by atoms with Crippen molar-refractivity contribution >= 4 is 27.5 Å². The van der Waals surface area contributed by atoms with Crippen molar-refractivity contribution in [2.45, 2.75) is 25.8 Å². The lowest BCUT2D eigenvalue weighted by atomic mass is 10.2. The van der Waals surface area contributed by atoms with Crippen LogP contribution in [0.1, 0.15) is 19.8 Å². The van der Waals surface area contributed by atoms with Gasteiger partial charge in [0.2, 0.25) is 5.91 Å². The van der Waals surface area contributed by atoms with E-state index in [4.69, 9.17) is 0 Å². The minimum atomic E-state index is -0.0120. The summed E-state index contributed by atoms with van der Waals surface area (Å²) < 4.78 is 0.976. The van der Waals surface area contributed by atoms with Gasteiger partial charge in [-0.1, -0.05) is 19.1 Å². The predicted molar refractivity (Wildman–Crippen MR) is 73.2 cm³/mol. The van der Waals surface area contributed by atoms with Crippen LogP contribution in [0.4, 0.5) is 5.69 Å². The van der Waals surface area contributed by atoms with Gasteiger partial charge in [0.05, 0.1) is 11.7 Å². The van der Waals surface area contributed by atoms with Crippen molar-refractivity contribution in [3.05, 3.63) is 28.7 Å². The Kier molecular flexibility index (Phi) is 4.18. The maximum Gasteiger partial charge on any atom is 0.244 e. The van der Waals surface area contributed by atoms with E-state index in [2.05, 4.69) is 28.2 Å². The molecule has 1 atom stereocenters. The van der Waals surface area contributed by atoms with Gasteiger partial charge >= 0.3 is 0 Å². The van der Waals surface area contributed by atoms with Crippen molar-refractivity contribution < 1.29 is 4.79 Å². The first kappa shape index (κ1) is 12.6. The van der Waals surface area contributed by atoms with Crippen LogP contribution in [0.5, 0.6) is 0 Å². The van der Waals surface area contributed by atoms with Crippen molar-refractivity contribution in [1.29, 1.82) is 0 Å². The SMILES string of the molecule is CCCNC1CCN(c2ccccc2Br)C1=O. The third-order valence-electron chi connectivity index (χ3n) is 2.99. The van der Waals surface area contributed by atoms with Gasteiger partial charge < -0.3 is 10.2 Å². The summed E-state index contributed by atoms with van der Waals surface area (Å²) >= 11 is 3.49. The van der Waals surface area contributed by atoms with Crippen molar-refractivity contribution in [3.63, 3.8) is 0 Å². The number of hydrogen-bond acceptors (Lipinski definition) is 2. The fourth-order valence-electron chi connectivity index (χ4n) is 2.10. The largest absolute Gasteiger partial charge is 0.310 e. The highest BCUT2D eigenvalue weighted by Gasteiger charge is 2.32. The smallest absolute Gasteiger partial charge is 0.244 e. The minimum absolute atomic E-state index is 0.0120. The molecule has 1 aliphatic heterocycles. The highest BCUT2D eigenvalue weighted by molar-refractivity contribution is 9.10. The quantitative estimate of drug-likeness (QED) is 0.926. The summed E-state index contributed by atoms with van der Waals surface area (Å²) in [4.78, 5) is 14.1. The van der Waals surface area contributed by atoms with Crippen LogP contribution < -0.4 is 10.2 Å². The van der Waals surface area contributed by atoms with E-state index in [-0.39, 0.29) is 11.9 Å². The molecule has 92 valence electrons. The van der Waals surface area contributed by atoms with Crippen LogP contribution in [0, 0.1) is 0 Å². The molecule has 1 aliphatic rings. The summed E-state index contributed by atoms with van der Waals surface area (Å²) in [7, 11) is 0. The monoisotopic (exact) mass is 296 g/mol. The zero-order valence-corrected chi connectivity index (χ0v) is 11.5. The van der Waals surface area contributed by atoms with E-state index in [0.29, 0.717) is 0 Å². The summed E-state index contributed by atoms with van der Waals surface area (Å²) in [6, 6.07) is 7.85. The number of anilines is 1. The molecule has 2 rings (SSSR count). The molecule has 1 N–H and O–H groups in total. The summed E-state index contributed by atoms with van der Waals surface area (Å²) in [5, 5.41) is 3.29. The molecule has 3 nitrogen and oxygen atoms in total. The van der Waals surface area contributed by atoms with Gasteiger partial charge in [0.15, 0.2) is 0 Å². The molecule has 1 fully saturated rings. The number of para-hydroxylation sites is 1. The number of carbonyl (C=O) groups is 1. The zero-order chi connectivity index (χ0) is 12.3. The number of nitrogens with one attached hydrogen (secondary N) is 1. The van der Waals surface area contributed by atoms with Crippen LogP contribution in [-0.2, 0) is 4.79 Å². The van der Waals surface area contributed by atoms with Gasteiger partial charge in [0.1, 0.15) is 0 Å². The highest BCUT2D eigenvalue weighted by Crippen LogP contribution is 2.29. The molecule has 1 heterocycles. The topological polar surface area (TPSA) is 32.3 Å². The van der Waals surface area contributed by atoms with Crippen molar-refractivity contribution in [2.24, 2.45) is 0 Å². The Bertz CT molecular complexity index is 408. The first-order valence-electron chi connectivity index (χ1n) is 6.03. The zero-order valence-electron chi connectivity index (χ0n) is 9.95. The Morgan fingerprint density at radius 3 is 2.94 bits per heavy atom. The van der Waals surface area contributed by atoms with E-state index in [9.17, 15) is 4.79 Å². The standard InChI is InChI=1S/C13H17BrN2O/c1-2-8-15-11-7-9-16(13(11)17)12-6-4-3-5-10(12)14/h3-6,11,15H,2,7-9H2,1H3. The molecule has 1 amide bonds. The van der Waals surface area contributed by atoms with Crippen molar-refractivity contribution in [3.8, 4) is 0 Å². The highest BCUT2D eigenvalue weighted by atomic mass is 79.9. The first-order valence-corrected chi connectivity index (χ1v) is 6.82. The third-order valence-corrected chi connectivity index (χ3v) is 3.66. The molecule has 4 heteroatoms. The van der Waals surface area contributed by atoms with Gasteiger partial charge in [-0.2, -0.15) is 0 Å². The van der Waals surface area contributed by atoms with Gasteiger partial charge in [-0.15, -0.1) is 0 Å².